The van der Waals surface area contributed by atoms with Gasteiger partial charge in [-0.2, -0.15) is 0 Å². The molecule has 0 saturated heterocycles. The van der Waals surface area contributed by atoms with Crippen LogP contribution in [0, 0.1) is 13.0 Å². The average molecular weight is 830 g/mol. The first-order valence-electron chi connectivity index (χ1n) is 15.9. The van der Waals surface area contributed by atoms with Gasteiger partial charge in [0.1, 0.15) is 11.6 Å². The molecule has 0 atom stereocenters. The van der Waals surface area contributed by atoms with E-state index < -0.39 is 0 Å². The molecule has 238 valence electrons. The van der Waals surface area contributed by atoms with Crippen molar-refractivity contribution in [1.82, 2.24) is 14.5 Å². The Balaban J connectivity index is 0.00000348. The zero-order valence-corrected chi connectivity index (χ0v) is 29.5. The van der Waals surface area contributed by atoms with Gasteiger partial charge in [0, 0.05) is 64.3 Å². The van der Waals surface area contributed by atoms with Crippen LogP contribution >= 0.6 is 11.3 Å². The number of imidazole rings is 1. The normalized spacial score (nSPS) is 11.3. The Hall–Kier alpha value is -5.35. The maximum absolute atomic E-state index is 12.2. The number of para-hydroxylation sites is 2. The number of rotatable bonds is 5. The van der Waals surface area contributed by atoms with Crippen LogP contribution in [0.2, 0.25) is 0 Å². The van der Waals surface area contributed by atoms with E-state index in [0.717, 1.165) is 76.7 Å². The molecule has 0 aliphatic carbocycles. The molecular weight excluding hydrogens is 802 g/mol. The van der Waals surface area contributed by atoms with E-state index in [1.807, 2.05) is 54.6 Å². The van der Waals surface area contributed by atoms with Crippen molar-refractivity contribution in [3.05, 3.63) is 157 Å². The topological polar surface area (TPSA) is 50.9 Å². The molecule has 0 aliphatic rings. The van der Waals surface area contributed by atoms with Crippen LogP contribution in [0.5, 0.6) is 5.75 Å². The minimum absolute atomic E-state index is 0. The summed E-state index contributed by atoms with van der Waals surface area (Å²) in [6, 6.07) is 51.1. The van der Waals surface area contributed by atoms with Crippen LogP contribution in [0.3, 0.4) is 0 Å². The van der Waals surface area contributed by atoms with Crippen LogP contribution in [0.4, 0.5) is 0 Å². The minimum Gasteiger partial charge on any atom is -0.507 e. The van der Waals surface area contributed by atoms with Crippen molar-refractivity contribution >= 4 is 43.2 Å². The van der Waals surface area contributed by atoms with Crippen molar-refractivity contribution in [2.45, 2.75) is 6.92 Å². The van der Waals surface area contributed by atoms with E-state index in [9.17, 15) is 5.11 Å². The number of aryl methyl sites for hydroxylation is 1. The average Bonchev–Trinajstić information content (AvgIpc) is 3.73. The quantitative estimate of drug-likeness (QED) is 0.176. The molecule has 0 saturated carbocycles. The van der Waals surface area contributed by atoms with Gasteiger partial charge >= 0.3 is 0 Å². The molecule has 3 aromatic heterocycles. The van der Waals surface area contributed by atoms with Gasteiger partial charge in [0.25, 0.3) is 0 Å². The fourth-order valence-electron chi connectivity index (χ4n) is 6.83. The molecular formula is C43H28N3OPtS-. The molecule has 0 spiro atoms. The molecule has 0 aliphatic heterocycles. The Bertz CT molecular complexity index is 2650. The third-order valence-corrected chi connectivity index (χ3v) is 10.0. The second-order valence-electron chi connectivity index (χ2n) is 11.9. The zero-order valence-electron chi connectivity index (χ0n) is 26.4. The molecule has 1 N–H and O–H groups in total. The SMILES string of the molecule is Cc1cc2c(-c3nc4c(-c5[c-]c(-c6ccccn6)ccc5)cccc4n3-c3ccccc3-c3ccccc3)c(O)c3ccccc3c2s1.[Pt]. The van der Waals surface area contributed by atoms with Crippen molar-refractivity contribution in [2.24, 2.45) is 0 Å². The van der Waals surface area contributed by atoms with Crippen molar-refractivity contribution in [3.63, 3.8) is 0 Å². The Morgan fingerprint density at radius 3 is 2.22 bits per heavy atom. The first-order valence-corrected chi connectivity index (χ1v) is 16.7. The smallest absolute Gasteiger partial charge is 0.149 e. The van der Waals surface area contributed by atoms with Crippen molar-refractivity contribution in [2.75, 3.05) is 0 Å². The Morgan fingerprint density at radius 1 is 0.673 bits per heavy atom. The Kier molecular flexibility index (Phi) is 7.95. The number of thiophene rings is 1. The van der Waals surface area contributed by atoms with E-state index in [-0.39, 0.29) is 26.8 Å². The maximum Gasteiger partial charge on any atom is 0.149 e. The van der Waals surface area contributed by atoms with Gasteiger partial charge in [-0.05, 0) is 36.8 Å². The standard InChI is InChI=1S/C43H28N3OS.Pt/c1-27-25-35-39(41(47)33-18-5-6-19-34(33)42(35)48-27)43-45-40-32(29-15-11-16-30(26-29)36-21-9-10-24-44-36)20-12-23-38(40)46(43)37-22-8-7-17-31(37)28-13-3-2-4-14-28;/h2-25,47H,1H3;/q-1;. The van der Waals surface area contributed by atoms with E-state index in [1.54, 1.807) is 17.5 Å². The number of phenolic OH excluding ortho intramolecular Hbond substituents is 1. The van der Waals surface area contributed by atoms with Crippen LogP contribution in [0.1, 0.15) is 4.88 Å². The van der Waals surface area contributed by atoms with Gasteiger partial charge in [-0.25, -0.2) is 4.98 Å². The molecule has 0 bridgehead atoms. The van der Waals surface area contributed by atoms with Gasteiger partial charge in [-0.3, -0.25) is 9.55 Å². The molecule has 0 fully saturated rings. The molecule has 3 heterocycles. The molecule has 49 heavy (non-hydrogen) atoms. The van der Waals surface area contributed by atoms with Crippen molar-refractivity contribution in [3.8, 4) is 56.3 Å². The molecule has 4 nitrogen and oxygen atoms in total. The summed E-state index contributed by atoms with van der Waals surface area (Å²) in [5.74, 6) is 0.919. The van der Waals surface area contributed by atoms with Crippen LogP contribution in [-0.4, -0.2) is 19.6 Å². The number of aromatic nitrogens is 3. The van der Waals surface area contributed by atoms with E-state index in [4.69, 9.17) is 4.98 Å². The molecule has 9 aromatic rings. The summed E-state index contributed by atoms with van der Waals surface area (Å²) < 4.78 is 3.36. The largest absolute Gasteiger partial charge is 0.507 e. The van der Waals surface area contributed by atoms with E-state index in [1.165, 1.54) is 4.88 Å². The molecule has 6 aromatic carbocycles. The minimum atomic E-state index is 0. The van der Waals surface area contributed by atoms with E-state index in [0.29, 0.717) is 5.82 Å². The number of phenols is 1. The Labute approximate surface area is 302 Å². The summed E-state index contributed by atoms with van der Waals surface area (Å²) in [6.07, 6.45) is 1.80. The maximum atomic E-state index is 12.2. The summed E-state index contributed by atoms with van der Waals surface area (Å²) in [5, 5.41) is 15.0. The molecule has 0 radical (unpaired) electrons. The molecule has 6 heteroatoms. The van der Waals surface area contributed by atoms with Crippen molar-refractivity contribution < 1.29 is 26.2 Å². The second kappa shape index (κ2) is 12.6. The Morgan fingerprint density at radius 2 is 1.39 bits per heavy atom. The predicted octanol–water partition coefficient (Wildman–Crippen LogP) is 11.3. The number of hydrogen-bond acceptors (Lipinski definition) is 4. The van der Waals surface area contributed by atoms with Gasteiger partial charge in [0.2, 0.25) is 0 Å². The summed E-state index contributed by atoms with van der Waals surface area (Å²) >= 11 is 1.75. The fraction of sp³-hybridized carbons (Fsp3) is 0.0233. The van der Waals surface area contributed by atoms with Gasteiger partial charge in [-0.15, -0.1) is 41.2 Å². The third kappa shape index (κ3) is 5.18. The molecule has 0 unspecified atom stereocenters. The molecule has 9 rings (SSSR count). The number of hydrogen-bond donors (Lipinski definition) is 1. The number of aromatic hydroxyl groups is 1. The van der Waals surface area contributed by atoms with Gasteiger partial charge in [0.15, 0.2) is 0 Å². The predicted molar refractivity (Wildman–Crippen MR) is 199 cm³/mol. The van der Waals surface area contributed by atoms with Crippen molar-refractivity contribution in [1.29, 1.82) is 0 Å². The first kappa shape index (κ1) is 30.9. The van der Waals surface area contributed by atoms with Crippen LogP contribution in [-0.2, 0) is 21.1 Å². The summed E-state index contributed by atoms with van der Waals surface area (Å²) in [7, 11) is 0. The number of nitrogens with zero attached hydrogens (tertiary/aromatic N) is 3. The second-order valence-corrected chi connectivity index (χ2v) is 13.1. The molecule has 0 amide bonds. The van der Waals surface area contributed by atoms with Crippen LogP contribution in [0.25, 0.3) is 82.5 Å². The van der Waals surface area contributed by atoms with Crippen LogP contribution in [0.15, 0.2) is 146 Å². The fourth-order valence-corrected chi connectivity index (χ4v) is 7.89. The third-order valence-electron chi connectivity index (χ3n) is 8.95. The van der Waals surface area contributed by atoms with E-state index >= 15 is 0 Å². The zero-order chi connectivity index (χ0) is 32.2. The number of benzene rings is 6. The van der Waals surface area contributed by atoms with E-state index in [2.05, 4.69) is 107 Å². The summed E-state index contributed by atoms with van der Waals surface area (Å²) in [5.41, 5.74) is 9.33. The first-order chi connectivity index (χ1) is 23.7. The monoisotopic (exact) mass is 829 g/mol. The number of pyridine rings is 1. The van der Waals surface area contributed by atoms with Gasteiger partial charge < -0.3 is 5.11 Å². The van der Waals surface area contributed by atoms with Gasteiger partial charge in [-0.1, -0.05) is 108 Å². The summed E-state index contributed by atoms with van der Waals surface area (Å²) in [6.45, 7) is 2.12. The summed E-state index contributed by atoms with van der Waals surface area (Å²) in [4.78, 5) is 11.2. The number of fused-ring (bicyclic) bond motifs is 4. The van der Waals surface area contributed by atoms with Gasteiger partial charge in [0.05, 0.1) is 22.3 Å². The van der Waals surface area contributed by atoms with Crippen LogP contribution < -0.4 is 0 Å².